The summed E-state index contributed by atoms with van der Waals surface area (Å²) < 4.78 is 5.22. The Labute approximate surface area is 174 Å². The zero-order valence-corrected chi connectivity index (χ0v) is 17.2. The molecule has 1 amide bonds. The van der Waals surface area contributed by atoms with Gasteiger partial charge in [-0.2, -0.15) is 0 Å². The number of ether oxygens (including phenoxy) is 1. The molecule has 7 heteroatoms. The van der Waals surface area contributed by atoms with E-state index < -0.39 is 0 Å². The molecule has 6 nitrogen and oxygen atoms in total. The summed E-state index contributed by atoms with van der Waals surface area (Å²) in [5.41, 5.74) is 1.87. The largest absolute Gasteiger partial charge is 0.497 e. The molecule has 3 aromatic rings. The molecule has 1 atom stereocenters. The number of hydrogen-bond acceptors (Lipinski definition) is 6. The monoisotopic (exact) mass is 408 g/mol. The molecular formula is C22H24N4O2S. The Bertz CT molecular complexity index is 944. The molecule has 0 aliphatic carbocycles. The van der Waals surface area contributed by atoms with E-state index in [4.69, 9.17) is 4.74 Å². The van der Waals surface area contributed by atoms with Crippen LogP contribution in [0.3, 0.4) is 0 Å². The summed E-state index contributed by atoms with van der Waals surface area (Å²) in [6.07, 6.45) is 3.47. The number of benzene rings is 1. The fraction of sp³-hybridized carbons (Fsp3) is 0.318. The van der Waals surface area contributed by atoms with E-state index in [2.05, 4.69) is 20.2 Å². The third kappa shape index (κ3) is 4.74. The van der Waals surface area contributed by atoms with Crippen LogP contribution in [0.5, 0.6) is 5.75 Å². The van der Waals surface area contributed by atoms with E-state index in [9.17, 15) is 4.79 Å². The van der Waals surface area contributed by atoms with Gasteiger partial charge in [-0.3, -0.25) is 4.79 Å². The minimum absolute atomic E-state index is 0.0249. The van der Waals surface area contributed by atoms with Crippen molar-refractivity contribution in [1.82, 2.24) is 15.3 Å². The van der Waals surface area contributed by atoms with E-state index in [0.29, 0.717) is 13.1 Å². The Morgan fingerprint density at radius 1 is 1.28 bits per heavy atom. The lowest BCUT2D eigenvalue weighted by atomic mass is 9.97. The number of rotatable bonds is 6. The number of carbonyl (C=O) groups excluding carboxylic acids is 1. The zero-order chi connectivity index (χ0) is 20.1. The molecule has 0 saturated carbocycles. The van der Waals surface area contributed by atoms with Gasteiger partial charge in [-0.15, -0.1) is 11.3 Å². The highest BCUT2D eigenvalue weighted by atomic mass is 32.1. The number of piperidine rings is 1. The van der Waals surface area contributed by atoms with Crippen LogP contribution in [0.25, 0.3) is 11.3 Å². The lowest BCUT2D eigenvalue weighted by molar-refractivity contribution is -0.125. The predicted octanol–water partition coefficient (Wildman–Crippen LogP) is 3.75. The summed E-state index contributed by atoms with van der Waals surface area (Å²) >= 11 is 1.66. The van der Waals surface area contributed by atoms with Gasteiger partial charge in [0.2, 0.25) is 5.91 Å². The molecule has 1 N–H and O–H groups in total. The van der Waals surface area contributed by atoms with Crippen LogP contribution in [-0.4, -0.2) is 36.1 Å². The first-order chi connectivity index (χ1) is 14.2. The molecular weight excluding hydrogens is 384 g/mol. The van der Waals surface area contributed by atoms with Crippen molar-refractivity contribution in [2.45, 2.75) is 19.4 Å². The second kappa shape index (κ2) is 9.05. The van der Waals surface area contributed by atoms with Crippen molar-refractivity contribution in [3.63, 3.8) is 0 Å². The number of methoxy groups -OCH3 is 1. The molecule has 1 unspecified atom stereocenters. The summed E-state index contributed by atoms with van der Waals surface area (Å²) in [7, 11) is 1.65. The maximum atomic E-state index is 12.6. The summed E-state index contributed by atoms with van der Waals surface area (Å²) in [6, 6.07) is 13.9. The summed E-state index contributed by atoms with van der Waals surface area (Å²) in [5, 5.41) is 5.10. The highest BCUT2D eigenvalue weighted by molar-refractivity contribution is 7.09. The van der Waals surface area contributed by atoms with Crippen molar-refractivity contribution in [3.8, 4) is 17.0 Å². The van der Waals surface area contributed by atoms with Gasteiger partial charge in [-0.1, -0.05) is 6.07 Å². The van der Waals surface area contributed by atoms with Crippen LogP contribution in [0.4, 0.5) is 5.82 Å². The van der Waals surface area contributed by atoms with E-state index >= 15 is 0 Å². The number of carbonyl (C=O) groups is 1. The maximum absolute atomic E-state index is 12.6. The molecule has 150 valence electrons. The van der Waals surface area contributed by atoms with Crippen molar-refractivity contribution < 1.29 is 9.53 Å². The zero-order valence-electron chi connectivity index (χ0n) is 16.4. The molecule has 0 spiro atoms. The van der Waals surface area contributed by atoms with Crippen molar-refractivity contribution in [2.75, 3.05) is 25.1 Å². The standard InChI is InChI=1S/C22H24N4O2S/c1-28-18-8-6-16(7-9-18)20-12-21(25-15-24-20)26-10-2-4-17(14-26)22(27)23-13-19-5-3-11-29-19/h3,5-9,11-12,15,17H,2,4,10,13-14H2,1H3,(H,23,27). The molecule has 0 radical (unpaired) electrons. The highest BCUT2D eigenvalue weighted by Gasteiger charge is 2.26. The summed E-state index contributed by atoms with van der Waals surface area (Å²) in [5.74, 6) is 1.77. The first-order valence-electron chi connectivity index (χ1n) is 9.74. The van der Waals surface area contributed by atoms with Gasteiger partial charge in [0.1, 0.15) is 17.9 Å². The fourth-order valence-electron chi connectivity index (χ4n) is 3.57. The van der Waals surface area contributed by atoms with Crippen molar-refractivity contribution in [3.05, 3.63) is 59.0 Å². The van der Waals surface area contributed by atoms with Crippen molar-refractivity contribution in [2.24, 2.45) is 5.92 Å². The number of hydrogen-bond donors (Lipinski definition) is 1. The topological polar surface area (TPSA) is 67.3 Å². The number of amides is 1. The Balaban J connectivity index is 1.43. The third-order valence-electron chi connectivity index (χ3n) is 5.17. The molecule has 1 aliphatic rings. The van der Waals surface area contributed by atoms with Crippen molar-refractivity contribution in [1.29, 1.82) is 0 Å². The Kier molecular flexibility index (Phi) is 6.05. The molecule has 1 aromatic carbocycles. The Morgan fingerprint density at radius 3 is 2.90 bits per heavy atom. The molecule has 1 fully saturated rings. The van der Waals surface area contributed by atoms with E-state index in [-0.39, 0.29) is 11.8 Å². The minimum atomic E-state index is -0.0249. The molecule has 29 heavy (non-hydrogen) atoms. The predicted molar refractivity (Wildman–Crippen MR) is 115 cm³/mol. The lowest BCUT2D eigenvalue weighted by Gasteiger charge is -2.33. The molecule has 0 bridgehead atoms. The number of aromatic nitrogens is 2. The van der Waals surface area contributed by atoms with Gasteiger partial charge < -0.3 is 15.0 Å². The van der Waals surface area contributed by atoms with Crippen LogP contribution < -0.4 is 15.0 Å². The first kappa shape index (κ1) is 19.4. The van der Waals surface area contributed by atoms with Crippen LogP contribution >= 0.6 is 11.3 Å². The van der Waals surface area contributed by atoms with Crippen LogP contribution in [0.1, 0.15) is 17.7 Å². The van der Waals surface area contributed by atoms with Crippen LogP contribution in [0.2, 0.25) is 0 Å². The Morgan fingerprint density at radius 2 is 2.14 bits per heavy atom. The first-order valence-corrected chi connectivity index (χ1v) is 10.6. The van der Waals surface area contributed by atoms with Gasteiger partial charge in [0.25, 0.3) is 0 Å². The fourth-order valence-corrected chi connectivity index (χ4v) is 4.22. The maximum Gasteiger partial charge on any atom is 0.225 e. The number of nitrogens with one attached hydrogen (secondary N) is 1. The molecule has 3 heterocycles. The van der Waals surface area contributed by atoms with Gasteiger partial charge >= 0.3 is 0 Å². The van der Waals surface area contributed by atoms with Crippen molar-refractivity contribution >= 4 is 23.1 Å². The van der Waals surface area contributed by atoms with Gasteiger partial charge in [-0.05, 0) is 48.6 Å². The van der Waals surface area contributed by atoms with Crippen LogP contribution in [0, 0.1) is 5.92 Å². The van der Waals surface area contributed by atoms with E-state index in [1.165, 1.54) is 4.88 Å². The third-order valence-corrected chi connectivity index (χ3v) is 6.05. The lowest BCUT2D eigenvalue weighted by Crippen LogP contribution is -2.43. The average Bonchev–Trinajstić information content (AvgIpc) is 3.31. The minimum Gasteiger partial charge on any atom is -0.497 e. The molecule has 2 aromatic heterocycles. The molecule has 1 saturated heterocycles. The molecule has 4 rings (SSSR count). The normalized spacial score (nSPS) is 16.4. The summed E-state index contributed by atoms with van der Waals surface area (Å²) in [6.45, 7) is 2.17. The van der Waals surface area contributed by atoms with Gasteiger partial charge in [0.15, 0.2) is 0 Å². The second-order valence-electron chi connectivity index (χ2n) is 7.07. The SMILES string of the molecule is COc1ccc(-c2cc(N3CCCC(C(=O)NCc4cccs4)C3)ncn2)cc1. The van der Waals surface area contributed by atoms with Gasteiger partial charge in [0, 0.05) is 29.6 Å². The van der Waals surface area contributed by atoms with Crippen LogP contribution in [-0.2, 0) is 11.3 Å². The smallest absolute Gasteiger partial charge is 0.225 e. The van der Waals surface area contributed by atoms with E-state index in [1.807, 2.05) is 47.8 Å². The van der Waals surface area contributed by atoms with Gasteiger partial charge in [0.05, 0.1) is 25.3 Å². The quantitative estimate of drug-likeness (QED) is 0.673. The number of anilines is 1. The molecule has 1 aliphatic heterocycles. The summed E-state index contributed by atoms with van der Waals surface area (Å²) in [4.78, 5) is 24.9. The highest BCUT2D eigenvalue weighted by Crippen LogP contribution is 2.26. The Hall–Kier alpha value is -2.93. The van der Waals surface area contributed by atoms with Crippen LogP contribution in [0.15, 0.2) is 54.2 Å². The average molecular weight is 409 g/mol. The van der Waals surface area contributed by atoms with E-state index in [1.54, 1.807) is 24.8 Å². The van der Waals surface area contributed by atoms with Gasteiger partial charge in [-0.25, -0.2) is 9.97 Å². The number of nitrogens with zero attached hydrogens (tertiary/aromatic N) is 3. The van der Waals surface area contributed by atoms with E-state index in [0.717, 1.165) is 42.2 Å². The second-order valence-corrected chi connectivity index (χ2v) is 8.10. The number of thiophene rings is 1.